The molecule has 0 aliphatic heterocycles. The van der Waals surface area contributed by atoms with Gasteiger partial charge in [-0.3, -0.25) is 5.32 Å². The molecule has 2 aromatic heterocycles. The highest BCUT2D eigenvalue weighted by Gasteiger charge is 2.28. The molecule has 1 aliphatic carbocycles. The van der Waals surface area contributed by atoms with E-state index < -0.39 is 12.2 Å². The number of rotatable bonds is 4. The molecular weight excluding hydrogens is 406 g/mol. The summed E-state index contributed by atoms with van der Waals surface area (Å²) in [5.41, 5.74) is 4.08. The maximum absolute atomic E-state index is 12.4. The molecule has 7 nitrogen and oxygen atoms in total. The van der Waals surface area contributed by atoms with Crippen LogP contribution in [0.3, 0.4) is 0 Å². The molecule has 0 saturated heterocycles. The summed E-state index contributed by atoms with van der Waals surface area (Å²) in [7, 11) is 0. The number of nitrogens with zero attached hydrogens (tertiary/aromatic N) is 2. The molecule has 2 heterocycles. The monoisotopic (exact) mass is 427 g/mol. The van der Waals surface area contributed by atoms with Gasteiger partial charge < -0.3 is 13.7 Å². The molecule has 7 heteroatoms. The van der Waals surface area contributed by atoms with Crippen LogP contribution in [0.25, 0.3) is 11.1 Å². The van der Waals surface area contributed by atoms with Crippen molar-refractivity contribution >= 4 is 22.9 Å². The van der Waals surface area contributed by atoms with E-state index in [9.17, 15) is 4.79 Å². The first kappa shape index (κ1) is 19.9. The molecule has 160 valence electrons. The number of oxazole rings is 1. The molecule has 0 radical (unpaired) electrons. The van der Waals surface area contributed by atoms with Crippen LogP contribution in [0, 0.1) is 18.8 Å². The number of hydrogen-bond donors (Lipinski definition) is 1. The number of nitrogens with one attached hydrogen (secondary N) is 1. The third-order valence-electron chi connectivity index (χ3n) is 5.29. The smallest absolute Gasteiger partial charge is 0.412 e. The molecule has 1 amide bonds. The molecule has 1 atom stereocenters. The number of carbonyl (C=O) groups is 1. The van der Waals surface area contributed by atoms with E-state index in [1.165, 1.54) is 0 Å². The lowest BCUT2D eigenvalue weighted by Crippen LogP contribution is -2.16. The van der Waals surface area contributed by atoms with Crippen LogP contribution in [0.1, 0.15) is 60.3 Å². The van der Waals surface area contributed by atoms with Gasteiger partial charge in [0.05, 0.1) is 0 Å². The second-order valence-corrected chi connectivity index (χ2v) is 7.81. The van der Waals surface area contributed by atoms with Gasteiger partial charge >= 0.3 is 6.09 Å². The lowest BCUT2D eigenvalue weighted by Gasteiger charge is -2.13. The van der Waals surface area contributed by atoms with Gasteiger partial charge in [-0.2, -0.15) is 0 Å². The third kappa shape index (κ3) is 4.21. The average Bonchev–Trinajstić information content (AvgIpc) is 3.48. The maximum Gasteiger partial charge on any atom is 0.412 e. The van der Waals surface area contributed by atoms with Crippen LogP contribution < -0.4 is 5.32 Å². The first-order chi connectivity index (χ1) is 15.6. The molecule has 1 unspecified atom stereocenters. The molecule has 1 saturated carbocycles. The molecule has 0 spiro atoms. The fraction of sp³-hybridized carbons (Fsp3) is 0.240. The first-order valence-electron chi connectivity index (χ1n) is 10.5. The van der Waals surface area contributed by atoms with Crippen LogP contribution in [0.5, 0.6) is 0 Å². The minimum atomic E-state index is -0.605. The summed E-state index contributed by atoms with van der Waals surface area (Å²) in [5.74, 6) is 7.47. The van der Waals surface area contributed by atoms with Gasteiger partial charge in [-0.25, -0.2) is 9.78 Å². The number of aromatic nitrogens is 2. The van der Waals surface area contributed by atoms with Crippen molar-refractivity contribution in [1.82, 2.24) is 10.1 Å². The van der Waals surface area contributed by atoms with Crippen molar-refractivity contribution in [2.24, 2.45) is 0 Å². The van der Waals surface area contributed by atoms with Crippen molar-refractivity contribution in [3.05, 3.63) is 77.0 Å². The van der Waals surface area contributed by atoms with Crippen LogP contribution in [0.15, 0.2) is 57.5 Å². The Morgan fingerprint density at radius 2 is 2.00 bits per heavy atom. The minimum Gasteiger partial charge on any atom is -0.441 e. The van der Waals surface area contributed by atoms with Gasteiger partial charge in [0, 0.05) is 11.5 Å². The Bertz CT molecular complexity index is 1340. The lowest BCUT2D eigenvalue weighted by molar-refractivity contribution is 0.121. The van der Waals surface area contributed by atoms with Gasteiger partial charge in [0.15, 0.2) is 11.5 Å². The number of carbonyl (C=O) groups excluding carboxylic acids is 1. The molecule has 5 rings (SSSR count). The molecule has 4 aromatic rings. The summed E-state index contributed by atoms with van der Waals surface area (Å²) in [5, 5.41) is 6.62. The number of hydrogen-bond acceptors (Lipinski definition) is 6. The zero-order valence-electron chi connectivity index (χ0n) is 17.7. The van der Waals surface area contributed by atoms with E-state index in [-0.39, 0.29) is 5.76 Å². The van der Waals surface area contributed by atoms with Gasteiger partial charge in [-0.1, -0.05) is 41.4 Å². The number of amides is 1. The maximum atomic E-state index is 12.4. The molecule has 1 fully saturated rings. The van der Waals surface area contributed by atoms with Crippen LogP contribution >= 0.6 is 0 Å². The molecule has 2 aromatic carbocycles. The minimum absolute atomic E-state index is 0.253. The van der Waals surface area contributed by atoms with Gasteiger partial charge in [-0.15, -0.1) is 0 Å². The van der Waals surface area contributed by atoms with E-state index in [0.29, 0.717) is 22.9 Å². The van der Waals surface area contributed by atoms with E-state index in [2.05, 4.69) is 27.3 Å². The number of ether oxygens (including phenoxy) is 1. The third-order valence-corrected chi connectivity index (χ3v) is 5.29. The van der Waals surface area contributed by atoms with E-state index in [1.807, 2.05) is 55.5 Å². The topological polar surface area (TPSA) is 90.4 Å². The highest BCUT2D eigenvalue weighted by atomic mass is 16.6. The van der Waals surface area contributed by atoms with Crippen molar-refractivity contribution in [3.8, 4) is 11.8 Å². The summed E-state index contributed by atoms with van der Waals surface area (Å²) in [4.78, 5) is 16.9. The van der Waals surface area contributed by atoms with Crippen LogP contribution in [-0.4, -0.2) is 16.2 Å². The van der Waals surface area contributed by atoms with Crippen molar-refractivity contribution in [2.75, 3.05) is 5.32 Å². The Balaban J connectivity index is 1.31. The summed E-state index contributed by atoms with van der Waals surface area (Å²) in [6.07, 6.45) is 1.26. The van der Waals surface area contributed by atoms with Crippen LogP contribution in [0.2, 0.25) is 0 Å². The van der Waals surface area contributed by atoms with Crippen molar-refractivity contribution < 1.29 is 18.5 Å². The zero-order valence-corrected chi connectivity index (χ0v) is 17.7. The normalized spacial score (nSPS) is 13.9. The summed E-state index contributed by atoms with van der Waals surface area (Å²) >= 11 is 0. The lowest BCUT2D eigenvalue weighted by atomic mass is 10.1. The predicted octanol–water partition coefficient (Wildman–Crippen LogP) is 5.71. The van der Waals surface area contributed by atoms with E-state index in [4.69, 9.17) is 13.7 Å². The SMILES string of the molecule is Cc1noc(C#Cc2ccc3nc(C4CC4)oc3c2)c1NC(=O)OC(C)c1ccccc1. The first-order valence-corrected chi connectivity index (χ1v) is 10.5. The molecule has 32 heavy (non-hydrogen) atoms. The van der Waals surface area contributed by atoms with Crippen molar-refractivity contribution in [2.45, 2.75) is 38.7 Å². The Hall–Kier alpha value is -4.05. The van der Waals surface area contributed by atoms with Crippen LogP contribution in [0.4, 0.5) is 10.5 Å². The summed E-state index contributed by atoms with van der Waals surface area (Å²) in [6, 6.07) is 15.1. The quantitative estimate of drug-likeness (QED) is 0.420. The number of aryl methyl sites for hydroxylation is 1. The van der Waals surface area contributed by atoms with E-state index in [1.54, 1.807) is 6.92 Å². The van der Waals surface area contributed by atoms with Crippen molar-refractivity contribution in [3.63, 3.8) is 0 Å². The second kappa shape index (κ2) is 8.23. The van der Waals surface area contributed by atoms with Gasteiger partial charge in [0.25, 0.3) is 0 Å². The number of anilines is 1. The number of benzene rings is 2. The second-order valence-electron chi connectivity index (χ2n) is 7.81. The fourth-order valence-corrected chi connectivity index (χ4v) is 3.34. The zero-order chi connectivity index (χ0) is 22.1. The Kier molecular flexibility index (Phi) is 5.12. The average molecular weight is 427 g/mol. The fourth-order valence-electron chi connectivity index (χ4n) is 3.34. The Labute approximate surface area is 184 Å². The standard InChI is InChI=1S/C25H21N3O4/c1-15-23(27-25(29)30-16(2)18-6-4-3-5-7-18)21(32-28-15)13-9-17-8-12-20-22(14-17)31-24(26-20)19-10-11-19/h3-8,12,14,16,19H,10-11H2,1-2H3,(H,27,29). The van der Waals surface area contributed by atoms with Gasteiger partial charge in [0.2, 0.25) is 5.76 Å². The van der Waals surface area contributed by atoms with E-state index in [0.717, 1.165) is 35.4 Å². The summed E-state index contributed by atoms with van der Waals surface area (Å²) in [6.45, 7) is 3.54. The largest absolute Gasteiger partial charge is 0.441 e. The highest BCUT2D eigenvalue weighted by molar-refractivity contribution is 5.87. The molecule has 1 N–H and O–H groups in total. The summed E-state index contributed by atoms with van der Waals surface area (Å²) < 4.78 is 16.6. The Morgan fingerprint density at radius 1 is 1.19 bits per heavy atom. The Morgan fingerprint density at radius 3 is 2.78 bits per heavy atom. The van der Waals surface area contributed by atoms with Gasteiger partial charge in [-0.05, 0) is 56.4 Å². The molecule has 0 bridgehead atoms. The van der Waals surface area contributed by atoms with Crippen molar-refractivity contribution in [1.29, 1.82) is 0 Å². The molecule has 1 aliphatic rings. The predicted molar refractivity (Wildman–Crippen MR) is 118 cm³/mol. The van der Waals surface area contributed by atoms with E-state index >= 15 is 0 Å². The van der Waals surface area contributed by atoms with Gasteiger partial charge in [0.1, 0.15) is 23.0 Å². The highest BCUT2D eigenvalue weighted by Crippen LogP contribution is 2.40. The number of fused-ring (bicyclic) bond motifs is 1. The molecular formula is C25H21N3O4. The van der Waals surface area contributed by atoms with Crippen LogP contribution in [-0.2, 0) is 4.74 Å².